The Labute approximate surface area is 144 Å². The average Bonchev–Trinajstić information content (AvgIpc) is 2.50. The average molecular weight is 420 g/mol. The highest BCUT2D eigenvalue weighted by Gasteiger charge is 2.66. The molecule has 0 heterocycles. The van der Waals surface area contributed by atoms with Gasteiger partial charge in [0.1, 0.15) is 4.90 Å². The van der Waals surface area contributed by atoms with E-state index in [1.807, 2.05) is 0 Å². The summed E-state index contributed by atoms with van der Waals surface area (Å²) in [5, 5.41) is -5.84. The van der Waals surface area contributed by atoms with Crippen LogP contribution in [0, 0.1) is 0 Å². The van der Waals surface area contributed by atoms with E-state index in [2.05, 4.69) is 4.18 Å². The maximum atomic E-state index is 13.5. The molecule has 2 rings (SSSR count). The van der Waals surface area contributed by atoms with E-state index in [-0.39, 0.29) is 10.8 Å². The molecule has 0 saturated heterocycles. The van der Waals surface area contributed by atoms with Crippen LogP contribution >= 0.6 is 0 Å². The Morgan fingerprint density at radius 1 is 0.885 bits per heavy atom. The van der Waals surface area contributed by atoms with Crippen molar-refractivity contribution in [2.45, 2.75) is 22.4 Å². The Balaban J connectivity index is 2.61. The Morgan fingerprint density at radius 2 is 1.42 bits per heavy atom. The van der Waals surface area contributed by atoms with Crippen molar-refractivity contribution in [1.82, 2.24) is 0 Å². The number of hydrogen-bond donors (Lipinski definition) is 1. The minimum atomic E-state index is -6.62. The lowest BCUT2D eigenvalue weighted by atomic mass is 10.1. The number of rotatable bonds is 5. The molecule has 6 nitrogen and oxygen atoms in total. The molecule has 0 radical (unpaired) electrons. The van der Waals surface area contributed by atoms with Crippen LogP contribution in [0.25, 0.3) is 10.8 Å². The Kier molecular flexibility index (Phi) is 5.04. The molecule has 0 amide bonds. The van der Waals surface area contributed by atoms with Gasteiger partial charge in [-0.2, -0.15) is 38.8 Å². The molecule has 0 spiro atoms. The van der Waals surface area contributed by atoms with Crippen molar-refractivity contribution in [3.05, 3.63) is 42.5 Å². The molecule has 2 aromatic rings. The maximum absolute atomic E-state index is 13.5. The van der Waals surface area contributed by atoms with Crippen molar-refractivity contribution in [3.8, 4) is 0 Å². The predicted octanol–water partition coefficient (Wildman–Crippen LogP) is 2.96. The molecular weight excluding hydrogens is 411 g/mol. The van der Waals surface area contributed by atoms with Gasteiger partial charge in [0.05, 0.1) is 0 Å². The van der Waals surface area contributed by atoms with Crippen LogP contribution in [0.1, 0.15) is 0 Å². The molecule has 1 unspecified atom stereocenters. The van der Waals surface area contributed by atoms with E-state index >= 15 is 0 Å². The maximum Gasteiger partial charge on any atom is 0.423 e. The number of hydrogen-bond acceptors (Lipinski definition) is 5. The SMILES string of the molecule is O=S(=O)(OC(C(F)(F)F)C(F)(F)S(=O)(=O)O)c1cccc2ccccc12. The van der Waals surface area contributed by atoms with Gasteiger partial charge in [-0.15, -0.1) is 0 Å². The molecule has 2 aromatic carbocycles. The van der Waals surface area contributed by atoms with Gasteiger partial charge in [-0.05, 0) is 11.5 Å². The zero-order valence-electron chi connectivity index (χ0n) is 12.3. The summed E-state index contributed by atoms with van der Waals surface area (Å²) in [4.78, 5) is -0.879. The highest BCUT2D eigenvalue weighted by atomic mass is 32.2. The van der Waals surface area contributed by atoms with E-state index in [9.17, 15) is 38.8 Å². The van der Waals surface area contributed by atoms with E-state index in [1.165, 1.54) is 30.3 Å². The highest BCUT2D eigenvalue weighted by molar-refractivity contribution is 7.87. The monoisotopic (exact) mass is 420 g/mol. The van der Waals surface area contributed by atoms with Gasteiger partial charge >= 0.3 is 21.5 Å². The van der Waals surface area contributed by atoms with Crippen LogP contribution in [0.2, 0.25) is 0 Å². The zero-order chi connectivity index (χ0) is 20.0. The van der Waals surface area contributed by atoms with Crippen LogP contribution in [-0.4, -0.2) is 38.9 Å². The molecule has 0 aliphatic carbocycles. The largest absolute Gasteiger partial charge is 0.423 e. The second kappa shape index (κ2) is 6.40. The first-order chi connectivity index (χ1) is 11.7. The minimum absolute atomic E-state index is 0.133. The summed E-state index contributed by atoms with van der Waals surface area (Å²) in [5.74, 6) is 0. The first-order valence-corrected chi connectivity index (χ1v) is 9.35. The van der Waals surface area contributed by atoms with Gasteiger partial charge in [-0.1, -0.05) is 36.4 Å². The van der Waals surface area contributed by atoms with Crippen molar-refractivity contribution in [1.29, 1.82) is 0 Å². The predicted molar refractivity (Wildman–Crippen MR) is 78.6 cm³/mol. The summed E-state index contributed by atoms with van der Waals surface area (Å²) in [7, 11) is -12.1. The molecule has 1 N–H and O–H groups in total. The van der Waals surface area contributed by atoms with Gasteiger partial charge in [0.2, 0.25) is 0 Å². The second-order valence-electron chi connectivity index (χ2n) is 4.99. The number of benzene rings is 2. The second-order valence-corrected chi connectivity index (χ2v) is 8.02. The minimum Gasteiger partial charge on any atom is -0.281 e. The standard InChI is InChI=1S/C13H9F5O6S2/c14-12(15,16)11(13(17,18)26(21,22)23)24-25(19,20)10-7-3-5-8-4-1-2-6-9(8)10/h1-7,11H,(H,21,22,23). The van der Waals surface area contributed by atoms with Crippen molar-refractivity contribution in [2.75, 3.05) is 0 Å². The third-order valence-corrected chi connectivity index (χ3v) is 5.43. The van der Waals surface area contributed by atoms with Crippen molar-refractivity contribution >= 4 is 31.0 Å². The van der Waals surface area contributed by atoms with Gasteiger partial charge in [0.15, 0.2) is 0 Å². The van der Waals surface area contributed by atoms with Crippen LogP contribution in [0.3, 0.4) is 0 Å². The van der Waals surface area contributed by atoms with Crippen LogP contribution in [0.5, 0.6) is 0 Å². The lowest BCUT2D eigenvalue weighted by Gasteiger charge is -2.25. The van der Waals surface area contributed by atoms with Crippen molar-refractivity contribution in [2.24, 2.45) is 0 Å². The smallest absolute Gasteiger partial charge is 0.281 e. The lowest BCUT2D eigenvalue weighted by molar-refractivity contribution is -0.237. The third-order valence-electron chi connectivity index (χ3n) is 3.19. The molecule has 26 heavy (non-hydrogen) atoms. The molecule has 13 heteroatoms. The van der Waals surface area contributed by atoms with E-state index in [1.54, 1.807) is 0 Å². The Hall–Kier alpha value is -1.83. The number of alkyl halides is 5. The zero-order valence-corrected chi connectivity index (χ0v) is 13.9. The molecule has 0 bridgehead atoms. The summed E-state index contributed by atoms with van der Waals surface area (Å²) >= 11 is 0. The van der Waals surface area contributed by atoms with E-state index in [0.29, 0.717) is 0 Å². The van der Waals surface area contributed by atoms with E-state index < -0.39 is 42.7 Å². The summed E-state index contributed by atoms with van der Waals surface area (Å²) in [6.45, 7) is 0. The fraction of sp³-hybridized carbons (Fsp3) is 0.231. The lowest BCUT2D eigenvalue weighted by Crippen LogP contribution is -2.52. The fourth-order valence-corrected chi connectivity index (χ4v) is 3.83. The van der Waals surface area contributed by atoms with Crippen molar-refractivity contribution in [3.63, 3.8) is 0 Å². The molecule has 0 saturated carbocycles. The molecule has 1 atom stereocenters. The topological polar surface area (TPSA) is 97.7 Å². The molecule has 0 aromatic heterocycles. The van der Waals surface area contributed by atoms with Gasteiger partial charge in [-0.3, -0.25) is 4.55 Å². The van der Waals surface area contributed by atoms with Crippen LogP contribution in [0.15, 0.2) is 47.4 Å². The summed E-state index contributed by atoms with van der Waals surface area (Å²) < 4.78 is 123. The third kappa shape index (κ3) is 3.79. The molecule has 0 aliphatic heterocycles. The molecule has 144 valence electrons. The van der Waals surface area contributed by atoms with Crippen LogP contribution in [0.4, 0.5) is 22.0 Å². The quantitative estimate of drug-likeness (QED) is 0.454. The van der Waals surface area contributed by atoms with Crippen molar-refractivity contribution < 1.29 is 47.5 Å². The van der Waals surface area contributed by atoms with Crippen LogP contribution in [-0.2, 0) is 24.4 Å². The van der Waals surface area contributed by atoms with Gasteiger partial charge < -0.3 is 0 Å². The van der Waals surface area contributed by atoms with Gasteiger partial charge in [0, 0.05) is 5.39 Å². The first-order valence-electron chi connectivity index (χ1n) is 6.50. The van der Waals surface area contributed by atoms with Crippen LogP contribution < -0.4 is 0 Å². The summed E-state index contributed by atoms with van der Waals surface area (Å²) in [6.07, 6.45) is -10.8. The van der Waals surface area contributed by atoms with Gasteiger partial charge in [-0.25, -0.2) is 4.18 Å². The molecule has 0 fully saturated rings. The number of fused-ring (bicyclic) bond motifs is 1. The summed E-state index contributed by atoms with van der Waals surface area (Å²) in [5.41, 5.74) is 0. The van der Waals surface area contributed by atoms with Gasteiger partial charge in [0.25, 0.3) is 16.2 Å². The molecule has 0 aliphatic rings. The van der Waals surface area contributed by atoms with E-state index in [4.69, 9.17) is 4.55 Å². The fourth-order valence-electron chi connectivity index (χ4n) is 2.03. The highest BCUT2D eigenvalue weighted by Crippen LogP contribution is 2.40. The Morgan fingerprint density at radius 3 is 1.96 bits per heavy atom. The first kappa shape index (κ1) is 20.5. The van der Waals surface area contributed by atoms with E-state index in [0.717, 1.165) is 12.1 Å². The normalized spacial score (nSPS) is 15.2. The summed E-state index contributed by atoms with van der Waals surface area (Å²) in [6, 6.07) is 8.76. The molecular formula is C13H9F5O6S2. The number of halogens is 5. The Bertz CT molecular complexity index is 1030.